The summed E-state index contributed by atoms with van der Waals surface area (Å²) in [6.45, 7) is 5.74. The molecule has 0 aromatic carbocycles. The van der Waals surface area contributed by atoms with E-state index in [1.54, 1.807) is 29.3 Å². The maximum atomic E-state index is 6.12. The van der Waals surface area contributed by atoms with Crippen molar-refractivity contribution < 1.29 is 4.74 Å². The van der Waals surface area contributed by atoms with Gasteiger partial charge in [-0.1, -0.05) is 24.8 Å². The zero-order valence-corrected chi connectivity index (χ0v) is 16.8. The lowest BCUT2D eigenvalue weighted by Crippen LogP contribution is -2.33. The molecule has 0 bridgehead atoms. The van der Waals surface area contributed by atoms with Gasteiger partial charge in [0, 0.05) is 30.2 Å². The summed E-state index contributed by atoms with van der Waals surface area (Å²) in [7, 11) is 0. The fourth-order valence-corrected chi connectivity index (χ4v) is 4.71. The Kier molecular flexibility index (Phi) is 4.86. The second-order valence-corrected chi connectivity index (χ2v) is 8.58. The highest BCUT2D eigenvalue weighted by molar-refractivity contribution is 7.98. The van der Waals surface area contributed by atoms with Gasteiger partial charge in [-0.05, 0) is 36.8 Å². The van der Waals surface area contributed by atoms with E-state index in [2.05, 4.69) is 30.2 Å². The Morgan fingerprint density at radius 3 is 3.00 bits per heavy atom. The molecular weight excluding hydrogens is 364 g/mol. The molecule has 4 rings (SSSR count). The van der Waals surface area contributed by atoms with E-state index in [0.717, 1.165) is 39.6 Å². The van der Waals surface area contributed by atoms with Crippen molar-refractivity contribution in [3.63, 3.8) is 0 Å². The van der Waals surface area contributed by atoms with E-state index in [-0.39, 0.29) is 5.60 Å². The first-order valence-electron chi connectivity index (χ1n) is 8.75. The Bertz CT molecular complexity index is 928. The highest BCUT2D eigenvalue weighted by Crippen LogP contribution is 2.42. The predicted molar refractivity (Wildman–Crippen MR) is 108 cm³/mol. The molecule has 1 aliphatic rings. The number of ether oxygens (including phenoxy) is 1. The van der Waals surface area contributed by atoms with Crippen LogP contribution in [-0.4, -0.2) is 26.8 Å². The maximum absolute atomic E-state index is 6.12. The van der Waals surface area contributed by atoms with Gasteiger partial charge in [-0.3, -0.25) is 4.98 Å². The van der Waals surface area contributed by atoms with Crippen LogP contribution in [0, 0.1) is 0 Å². The van der Waals surface area contributed by atoms with Gasteiger partial charge >= 0.3 is 0 Å². The van der Waals surface area contributed by atoms with Gasteiger partial charge in [-0.2, -0.15) is 0 Å². The van der Waals surface area contributed by atoms with E-state index < -0.39 is 0 Å². The first-order chi connectivity index (χ1) is 12.6. The first kappa shape index (κ1) is 17.7. The zero-order chi connectivity index (χ0) is 18.1. The molecule has 0 saturated heterocycles. The number of nitrogens with zero attached hydrogens (tertiary/aromatic N) is 3. The summed E-state index contributed by atoms with van der Waals surface area (Å²) in [6.07, 6.45) is 7.58. The zero-order valence-electron chi connectivity index (χ0n) is 15.2. The number of thiophene rings is 1. The van der Waals surface area contributed by atoms with Crippen LogP contribution in [0.3, 0.4) is 0 Å². The number of thioether (sulfide) groups is 1. The van der Waals surface area contributed by atoms with Crippen LogP contribution in [0.1, 0.15) is 36.3 Å². The highest BCUT2D eigenvalue weighted by Gasteiger charge is 2.33. The predicted octanol–water partition coefficient (Wildman–Crippen LogP) is 4.66. The average molecular weight is 387 g/mol. The Balaban J connectivity index is 1.76. The van der Waals surface area contributed by atoms with Crippen molar-refractivity contribution in [2.45, 2.75) is 50.6 Å². The molecular formula is C19H22N4OS2. The lowest BCUT2D eigenvalue weighted by Gasteiger charge is -2.33. The Morgan fingerprint density at radius 2 is 2.27 bits per heavy atom. The summed E-state index contributed by atoms with van der Waals surface area (Å²) in [5.41, 5.74) is 2.37. The number of anilines is 1. The molecule has 0 radical (unpaired) electrons. The van der Waals surface area contributed by atoms with Crippen molar-refractivity contribution in [1.82, 2.24) is 15.0 Å². The molecule has 1 unspecified atom stereocenters. The van der Waals surface area contributed by atoms with Crippen molar-refractivity contribution >= 4 is 39.1 Å². The lowest BCUT2D eigenvalue weighted by molar-refractivity contribution is -0.0542. The quantitative estimate of drug-likeness (QED) is 0.508. The number of hydrogen-bond acceptors (Lipinski definition) is 7. The van der Waals surface area contributed by atoms with Gasteiger partial charge in [-0.25, -0.2) is 9.97 Å². The number of fused-ring (bicyclic) bond motifs is 3. The van der Waals surface area contributed by atoms with Crippen molar-refractivity contribution in [1.29, 1.82) is 0 Å². The van der Waals surface area contributed by atoms with E-state index in [0.29, 0.717) is 13.2 Å². The van der Waals surface area contributed by atoms with Crippen LogP contribution in [0.2, 0.25) is 0 Å². The van der Waals surface area contributed by atoms with E-state index in [1.807, 2.05) is 18.5 Å². The van der Waals surface area contributed by atoms with Gasteiger partial charge in [0.05, 0.1) is 17.6 Å². The summed E-state index contributed by atoms with van der Waals surface area (Å²) >= 11 is 3.31. The molecule has 1 N–H and O–H groups in total. The van der Waals surface area contributed by atoms with E-state index in [9.17, 15) is 0 Å². The number of rotatable bonds is 5. The van der Waals surface area contributed by atoms with Crippen molar-refractivity contribution in [3.05, 3.63) is 40.5 Å². The molecule has 0 fully saturated rings. The molecule has 0 aliphatic carbocycles. The summed E-state index contributed by atoms with van der Waals surface area (Å²) in [5, 5.41) is 5.48. The molecule has 0 spiro atoms. The lowest BCUT2D eigenvalue weighted by atomic mass is 9.90. The monoisotopic (exact) mass is 386 g/mol. The average Bonchev–Trinajstić information content (AvgIpc) is 3.04. The Labute approximate surface area is 161 Å². The van der Waals surface area contributed by atoms with E-state index in [1.165, 1.54) is 10.4 Å². The molecule has 1 aliphatic heterocycles. The number of hydrogen-bond donors (Lipinski definition) is 1. The van der Waals surface area contributed by atoms with Crippen molar-refractivity contribution in [2.75, 3.05) is 11.6 Å². The fraction of sp³-hybridized carbons (Fsp3) is 0.421. The normalized spacial score (nSPS) is 19.5. The van der Waals surface area contributed by atoms with Crippen LogP contribution in [0.15, 0.2) is 29.7 Å². The molecule has 26 heavy (non-hydrogen) atoms. The highest BCUT2D eigenvalue weighted by atomic mass is 32.2. The Hall–Kier alpha value is -1.70. The Morgan fingerprint density at radius 1 is 1.38 bits per heavy atom. The minimum Gasteiger partial charge on any atom is -0.369 e. The van der Waals surface area contributed by atoms with Crippen LogP contribution in [0.25, 0.3) is 10.2 Å². The number of aromatic nitrogens is 3. The van der Waals surface area contributed by atoms with Gasteiger partial charge in [0.25, 0.3) is 0 Å². The third-order valence-corrected chi connectivity index (χ3v) is 6.58. The fourth-order valence-electron chi connectivity index (χ4n) is 3.19. The van der Waals surface area contributed by atoms with Gasteiger partial charge in [0.1, 0.15) is 10.6 Å². The smallest absolute Gasteiger partial charge is 0.190 e. The largest absolute Gasteiger partial charge is 0.369 e. The molecule has 0 amide bonds. The van der Waals surface area contributed by atoms with Crippen LogP contribution in [-0.2, 0) is 24.3 Å². The van der Waals surface area contributed by atoms with Gasteiger partial charge in [0.2, 0.25) is 0 Å². The van der Waals surface area contributed by atoms with Crippen molar-refractivity contribution in [3.8, 4) is 0 Å². The van der Waals surface area contributed by atoms with Gasteiger partial charge in [0.15, 0.2) is 5.16 Å². The summed E-state index contributed by atoms with van der Waals surface area (Å²) < 4.78 is 6.12. The second kappa shape index (κ2) is 7.13. The molecule has 1 atom stereocenters. The maximum Gasteiger partial charge on any atom is 0.190 e. The third-order valence-electron chi connectivity index (χ3n) is 4.93. The molecule has 3 aromatic rings. The van der Waals surface area contributed by atoms with Gasteiger partial charge < -0.3 is 10.1 Å². The van der Waals surface area contributed by atoms with Crippen LogP contribution < -0.4 is 5.32 Å². The summed E-state index contributed by atoms with van der Waals surface area (Å²) in [5.74, 6) is 0.918. The molecule has 7 heteroatoms. The van der Waals surface area contributed by atoms with Crippen LogP contribution in [0.5, 0.6) is 0 Å². The summed E-state index contributed by atoms with van der Waals surface area (Å²) in [4.78, 5) is 16.0. The first-order valence-corrected chi connectivity index (χ1v) is 10.8. The van der Waals surface area contributed by atoms with Crippen LogP contribution >= 0.6 is 23.1 Å². The van der Waals surface area contributed by atoms with E-state index in [4.69, 9.17) is 14.7 Å². The molecule has 5 nitrogen and oxygen atoms in total. The molecule has 3 aromatic heterocycles. The topological polar surface area (TPSA) is 59.9 Å². The molecule has 136 valence electrons. The van der Waals surface area contributed by atoms with Crippen LogP contribution in [0.4, 0.5) is 5.82 Å². The second-order valence-electron chi connectivity index (χ2n) is 6.73. The minimum atomic E-state index is -0.111. The third kappa shape index (κ3) is 3.31. The van der Waals surface area contributed by atoms with E-state index >= 15 is 0 Å². The minimum absolute atomic E-state index is 0.111. The summed E-state index contributed by atoms with van der Waals surface area (Å²) in [6, 6.07) is 4.02. The molecule has 4 heterocycles. The van der Waals surface area contributed by atoms with Crippen molar-refractivity contribution in [2.24, 2.45) is 0 Å². The van der Waals surface area contributed by atoms with Gasteiger partial charge in [-0.15, -0.1) is 11.3 Å². The SMILES string of the molecule is CCC1(C)Cc2c(sc3nc(SC)nc(NCc4cccnc4)c23)CO1. The number of nitrogens with one attached hydrogen (secondary N) is 1. The molecule has 0 saturated carbocycles. The standard InChI is InChI=1S/C19H22N4OS2/c1-4-19(2)8-13-14(11-24-19)26-17-15(13)16(22-18(23-17)25-3)21-10-12-6-5-7-20-9-12/h5-7,9H,4,8,10-11H2,1-3H3,(H,21,22,23). The number of pyridine rings is 1.